The van der Waals surface area contributed by atoms with E-state index in [2.05, 4.69) is 36.1 Å². The van der Waals surface area contributed by atoms with E-state index in [-0.39, 0.29) is 5.69 Å². The van der Waals surface area contributed by atoms with Crippen LogP contribution >= 0.6 is 15.9 Å². The zero-order valence-electron chi connectivity index (χ0n) is 11.8. The minimum absolute atomic E-state index is 0.159. The van der Waals surface area contributed by atoms with Gasteiger partial charge in [-0.05, 0) is 60.3 Å². The molecule has 0 radical (unpaired) electrons. The Balaban J connectivity index is 1.56. The summed E-state index contributed by atoms with van der Waals surface area (Å²) in [7, 11) is 0. The van der Waals surface area contributed by atoms with Crippen LogP contribution in [-0.4, -0.2) is 40.0 Å². The first-order valence-corrected chi connectivity index (χ1v) is 8.40. The number of imidazole rings is 1. The van der Waals surface area contributed by atoms with Crippen LogP contribution < -0.4 is 11.0 Å². The molecule has 3 heterocycles. The molecular weight excluding hydrogens is 332 g/mol. The van der Waals surface area contributed by atoms with E-state index in [0.717, 1.165) is 27.2 Å². The number of hydrogen-bond donors (Lipinski definition) is 3. The molecule has 112 valence electrons. The fourth-order valence-electron chi connectivity index (χ4n) is 3.74. The number of anilines is 1. The molecule has 1 aromatic heterocycles. The van der Waals surface area contributed by atoms with Crippen LogP contribution in [0.15, 0.2) is 21.4 Å². The molecule has 2 aromatic rings. The molecule has 0 bridgehead atoms. The molecule has 2 aliphatic heterocycles. The van der Waals surface area contributed by atoms with Crippen LogP contribution in [0, 0.1) is 0 Å². The number of rotatable bonds is 2. The molecule has 0 aliphatic carbocycles. The van der Waals surface area contributed by atoms with Gasteiger partial charge >= 0.3 is 5.69 Å². The van der Waals surface area contributed by atoms with Gasteiger partial charge in [-0.25, -0.2) is 4.79 Å². The molecule has 0 amide bonds. The van der Waals surface area contributed by atoms with E-state index in [1.807, 2.05) is 12.1 Å². The summed E-state index contributed by atoms with van der Waals surface area (Å²) in [5, 5.41) is 3.65. The molecular formula is C15H19BrN4O. The number of fused-ring (bicyclic) bond motifs is 2. The molecule has 0 saturated carbocycles. The minimum Gasteiger partial charge on any atom is -0.381 e. The van der Waals surface area contributed by atoms with Gasteiger partial charge < -0.3 is 20.2 Å². The van der Waals surface area contributed by atoms with Crippen molar-refractivity contribution in [2.45, 2.75) is 37.8 Å². The van der Waals surface area contributed by atoms with Crippen molar-refractivity contribution >= 4 is 32.7 Å². The standard InChI is InChI=1S/C15H19BrN4O/c16-11-7-13-14(19-15(21)18-13)8-12(11)17-9-3-5-20-4-1-2-10(20)6-9/h7-10,17H,1-6H2,(H2,18,19,21). The maximum absolute atomic E-state index is 11.4. The number of hydrogen-bond acceptors (Lipinski definition) is 3. The maximum atomic E-state index is 11.4. The van der Waals surface area contributed by atoms with Crippen molar-refractivity contribution in [1.29, 1.82) is 0 Å². The lowest BCUT2D eigenvalue weighted by Gasteiger charge is -2.35. The quantitative estimate of drug-likeness (QED) is 0.780. The van der Waals surface area contributed by atoms with Crippen LogP contribution in [0.4, 0.5) is 5.69 Å². The van der Waals surface area contributed by atoms with Gasteiger partial charge in [-0.15, -0.1) is 0 Å². The third-order valence-corrected chi connectivity index (χ3v) is 5.44. The topological polar surface area (TPSA) is 63.9 Å². The Bertz CT molecular complexity index is 722. The second kappa shape index (κ2) is 5.18. The molecule has 2 saturated heterocycles. The Morgan fingerprint density at radius 3 is 2.86 bits per heavy atom. The summed E-state index contributed by atoms with van der Waals surface area (Å²) in [5.74, 6) is 0. The summed E-state index contributed by atoms with van der Waals surface area (Å²) in [6.07, 6.45) is 5.08. The van der Waals surface area contributed by atoms with Crippen molar-refractivity contribution in [1.82, 2.24) is 14.9 Å². The minimum atomic E-state index is -0.159. The van der Waals surface area contributed by atoms with Crippen LogP contribution in [0.1, 0.15) is 25.7 Å². The molecule has 3 N–H and O–H groups in total. The Labute approximate surface area is 131 Å². The molecule has 6 heteroatoms. The van der Waals surface area contributed by atoms with Gasteiger partial charge in [0.05, 0.1) is 16.7 Å². The first-order chi connectivity index (χ1) is 10.2. The molecule has 5 nitrogen and oxygen atoms in total. The number of aromatic nitrogens is 2. The van der Waals surface area contributed by atoms with E-state index in [1.54, 1.807) is 0 Å². The maximum Gasteiger partial charge on any atom is 0.323 e. The van der Waals surface area contributed by atoms with E-state index in [0.29, 0.717) is 6.04 Å². The van der Waals surface area contributed by atoms with Gasteiger partial charge in [0.25, 0.3) is 0 Å². The van der Waals surface area contributed by atoms with Gasteiger partial charge in [-0.3, -0.25) is 0 Å². The highest BCUT2D eigenvalue weighted by Gasteiger charge is 2.31. The summed E-state index contributed by atoms with van der Waals surface area (Å²) in [6, 6.07) is 5.24. The number of nitrogens with one attached hydrogen (secondary N) is 3. The Kier molecular flexibility index (Phi) is 3.30. The number of nitrogens with zero attached hydrogens (tertiary/aromatic N) is 1. The van der Waals surface area contributed by atoms with Crippen molar-refractivity contribution < 1.29 is 0 Å². The van der Waals surface area contributed by atoms with Gasteiger partial charge in [-0.2, -0.15) is 0 Å². The fourth-order valence-corrected chi connectivity index (χ4v) is 4.20. The molecule has 2 atom stereocenters. The summed E-state index contributed by atoms with van der Waals surface area (Å²) in [6.45, 7) is 2.47. The number of piperidine rings is 1. The van der Waals surface area contributed by atoms with Crippen molar-refractivity contribution in [3.63, 3.8) is 0 Å². The summed E-state index contributed by atoms with van der Waals surface area (Å²) < 4.78 is 0.999. The van der Waals surface area contributed by atoms with Crippen molar-refractivity contribution in [3.8, 4) is 0 Å². The largest absolute Gasteiger partial charge is 0.381 e. The first kappa shape index (κ1) is 13.4. The highest BCUT2D eigenvalue weighted by atomic mass is 79.9. The zero-order valence-corrected chi connectivity index (χ0v) is 13.4. The van der Waals surface area contributed by atoms with Gasteiger partial charge in [0.2, 0.25) is 0 Å². The van der Waals surface area contributed by atoms with Crippen molar-refractivity contribution in [2.24, 2.45) is 0 Å². The predicted octanol–water partition coefficient (Wildman–Crippen LogP) is 2.66. The summed E-state index contributed by atoms with van der Waals surface area (Å²) in [5.41, 5.74) is 2.59. The van der Waals surface area contributed by atoms with Gasteiger partial charge in [-0.1, -0.05) is 0 Å². The second-order valence-corrected chi connectivity index (χ2v) is 7.01. The van der Waals surface area contributed by atoms with E-state index >= 15 is 0 Å². The normalized spacial score (nSPS) is 26.1. The van der Waals surface area contributed by atoms with E-state index in [4.69, 9.17) is 0 Å². The third-order valence-electron chi connectivity index (χ3n) is 4.78. The molecule has 21 heavy (non-hydrogen) atoms. The average molecular weight is 351 g/mol. The number of aromatic amines is 2. The SMILES string of the molecule is O=c1[nH]c2cc(Br)c(NC3CCN4CCCC4C3)cc2[nH]1. The Morgan fingerprint density at radius 2 is 2.00 bits per heavy atom. The van der Waals surface area contributed by atoms with Crippen LogP contribution in [0.5, 0.6) is 0 Å². The Hall–Kier alpha value is -1.27. The number of benzene rings is 1. The molecule has 2 aliphatic rings. The average Bonchev–Trinajstić information content (AvgIpc) is 3.04. The molecule has 0 spiro atoms. The zero-order chi connectivity index (χ0) is 14.4. The highest BCUT2D eigenvalue weighted by molar-refractivity contribution is 9.10. The predicted molar refractivity (Wildman–Crippen MR) is 87.9 cm³/mol. The smallest absolute Gasteiger partial charge is 0.323 e. The number of H-pyrrole nitrogens is 2. The lowest BCUT2D eigenvalue weighted by molar-refractivity contribution is 0.188. The van der Waals surface area contributed by atoms with Crippen molar-refractivity contribution in [2.75, 3.05) is 18.4 Å². The fraction of sp³-hybridized carbons (Fsp3) is 0.533. The molecule has 1 aromatic carbocycles. The van der Waals surface area contributed by atoms with E-state index in [1.165, 1.54) is 38.8 Å². The van der Waals surface area contributed by atoms with Crippen molar-refractivity contribution in [3.05, 3.63) is 27.1 Å². The van der Waals surface area contributed by atoms with Crippen LogP contribution in [0.2, 0.25) is 0 Å². The van der Waals surface area contributed by atoms with Gasteiger partial charge in [0.1, 0.15) is 0 Å². The summed E-state index contributed by atoms with van der Waals surface area (Å²) >= 11 is 3.60. The highest BCUT2D eigenvalue weighted by Crippen LogP contribution is 2.31. The molecule has 2 fully saturated rings. The second-order valence-electron chi connectivity index (χ2n) is 6.15. The van der Waals surface area contributed by atoms with E-state index < -0.39 is 0 Å². The lowest BCUT2D eigenvalue weighted by atomic mass is 9.97. The van der Waals surface area contributed by atoms with Gasteiger partial charge in [0, 0.05) is 23.1 Å². The monoisotopic (exact) mass is 350 g/mol. The van der Waals surface area contributed by atoms with Gasteiger partial charge in [0.15, 0.2) is 0 Å². The summed E-state index contributed by atoms with van der Waals surface area (Å²) in [4.78, 5) is 19.6. The Morgan fingerprint density at radius 1 is 1.19 bits per heavy atom. The molecule has 2 unspecified atom stereocenters. The van der Waals surface area contributed by atoms with Crippen LogP contribution in [-0.2, 0) is 0 Å². The molecule has 4 rings (SSSR count). The van der Waals surface area contributed by atoms with E-state index in [9.17, 15) is 4.79 Å². The van der Waals surface area contributed by atoms with Crippen LogP contribution in [0.25, 0.3) is 11.0 Å². The van der Waals surface area contributed by atoms with Crippen LogP contribution in [0.3, 0.4) is 0 Å². The third kappa shape index (κ3) is 2.51. The number of halogens is 1. The lowest BCUT2D eigenvalue weighted by Crippen LogP contribution is -2.42. The first-order valence-electron chi connectivity index (χ1n) is 7.61.